The second-order valence-corrected chi connectivity index (χ2v) is 12.4. The molecule has 1 aromatic carbocycles. The van der Waals surface area contributed by atoms with E-state index in [0.29, 0.717) is 61.3 Å². The van der Waals surface area contributed by atoms with Gasteiger partial charge in [-0.1, -0.05) is 11.6 Å². The van der Waals surface area contributed by atoms with Crippen molar-refractivity contribution < 1.29 is 19.1 Å². The van der Waals surface area contributed by atoms with Gasteiger partial charge in [0.05, 0.1) is 17.8 Å². The highest BCUT2D eigenvalue weighted by Gasteiger charge is 2.37. The van der Waals surface area contributed by atoms with Crippen LogP contribution >= 0.6 is 22.9 Å². The zero-order valence-electron chi connectivity index (χ0n) is 22.4. The Hall–Kier alpha value is -2.99. The number of H-pyrrole nitrogens is 1. The molecule has 3 aliphatic heterocycles. The Bertz CT molecular complexity index is 1430. The molecule has 2 fully saturated rings. The summed E-state index contributed by atoms with van der Waals surface area (Å²) in [6.07, 6.45) is 2.75. The summed E-state index contributed by atoms with van der Waals surface area (Å²) in [5, 5.41) is 8.09. The second kappa shape index (κ2) is 11.5. The van der Waals surface area contributed by atoms with Crippen molar-refractivity contribution in [3.63, 3.8) is 0 Å². The first kappa shape index (κ1) is 27.2. The van der Waals surface area contributed by atoms with Gasteiger partial charge in [0.2, 0.25) is 5.91 Å². The molecule has 212 valence electrons. The molecular formula is C28H33ClN6O4S. The Balaban J connectivity index is 1.20. The van der Waals surface area contributed by atoms with Gasteiger partial charge in [0.25, 0.3) is 11.8 Å². The standard InChI is InChI=1S/C28H33ClN6O4S/c1-34-8-4-21-24(15-34)40-27(33-21)26(37)32-23-14-35(28(38)16-6-10-39-11-7-16)9-5-20(23)31-25(36)22-13-17-12-18(29)2-3-19(17)30-22/h2-3,12-13,16,20,23,30H,4-11,14-15H2,1H3,(H,31,36)(H,32,37)/t20-,23+/m0/s1. The van der Waals surface area contributed by atoms with Crippen molar-refractivity contribution >= 4 is 51.6 Å². The van der Waals surface area contributed by atoms with E-state index in [1.807, 2.05) is 11.0 Å². The van der Waals surface area contributed by atoms with Gasteiger partial charge < -0.3 is 30.2 Å². The number of hydrogen-bond donors (Lipinski definition) is 3. The quantitative estimate of drug-likeness (QED) is 0.424. The van der Waals surface area contributed by atoms with Crippen LogP contribution in [0.2, 0.25) is 5.02 Å². The fraction of sp³-hybridized carbons (Fsp3) is 0.500. The Labute approximate surface area is 241 Å². The number of nitrogens with zero attached hydrogens (tertiary/aromatic N) is 3. The Kier molecular flexibility index (Phi) is 7.80. The van der Waals surface area contributed by atoms with E-state index in [1.54, 1.807) is 18.2 Å². The molecule has 3 aromatic rings. The summed E-state index contributed by atoms with van der Waals surface area (Å²) in [5.41, 5.74) is 2.21. The van der Waals surface area contributed by atoms with Crippen LogP contribution < -0.4 is 10.6 Å². The van der Waals surface area contributed by atoms with Gasteiger partial charge in [-0.3, -0.25) is 14.4 Å². The minimum absolute atomic E-state index is 0.0721. The van der Waals surface area contributed by atoms with Crippen LogP contribution in [-0.2, 0) is 22.5 Å². The van der Waals surface area contributed by atoms with E-state index in [-0.39, 0.29) is 29.7 Å². The molecule has 0 radical (unpaired) electrons. The summed E-state index contributed by atoms with van der Waals surface area (Å²) in [4.78, 5) is 53.0. The lowest BCUT2D eigenvalue weighted by Crippen LogP contribution is -2.62. The van der Waals surface area contributed by atoms with E-state index in [2.05, 4.69) is 32.5 Å². The van der Waals surface area contributed by atoms with Crippen LogP contribution in [0.15, 0.2) is 24.3 Å². The molecule has 3 amide bonds. The fourth-order valence-corrected chi connectivity index (χ4v) is 7.07. The number of benzene rings is 1. The first-order valence-corrected chi connectivity index (χ1v) is 15.0. The molecule has 12 heteroatoms. The largest absolute Gasteiger partial charge is 0.381 e. The number of likely N-dealkylation sites (N-methyl/N-ethyl adjacent to an activating group) is 1. The molecule has 0 aliphatic carbocycles. The number of amides is 3. The van der Waals surface area contributed by atoms with Gasteiger partial charge in [0.15, 0.2) is 5.01 Å². The van der Waals surface area contributed by atoms with Crippen molar-refractivity contribution in [2.75, 3.05) is 39.9 Å². The van der Waals surface area contributed by atoms with Crippen LogP contribution in [-0.4, -0.2) is 89.5 Å². The highest BCUT2D eigenvalue weighted by molar-refractivity contribution is 7.13. The van der Waals surface area contributed by atoms with Crippen LogP contribution in [0.5, 0.6) is 0 Å². The molecule has 3 N–H and O–H groups in total. The summed E-state index contributed by atoms with van der Waals surface area (Å²) in [6, 6.07) is 6.36. The van der Waals surface area contributed by atoms with Crippen LogP contribution in [0.1, 0.15) is 50.1 Å². The summed E-state index contributed by atoms with van der Waals surface area (Å²) in [5.74, 6) is -0.523. The predicted molar refractivity (Wildman–Crippen MR) is 153 cm³/mol. The molecule has 5 heterocycles. The third-order valence-corrected chi connectivity index (χ3v) is 9.39. The fourth-order valence-electron chi connectivity index (χ4n) is 5.80. The molecule has 10 nitrogen and oxygen atoms in total. The van der Waals surface area contributed by atoms with Crippen LogP contribution in [0.25, 0.3) is 10.9 Å². The minimum atomic E-state index is -0.462. The van der Waals surface area contributed by atoms with Crippen LogP contribution in [0.4, 0.5) is 0 Å². The molecule has 2 atom stereocenters. The SMILES string of the molecule is CN1CCc2nc(C(=O)N[C@@H]3CN(C(=O)C4CCOCC4)CC[C@@H]3NC(=O)c3cc4cc(Cl)ccc4[nH]3)sc2C1. The molecule has 40 heavy (non-hydrogen) atoms. The second-order valence-electron chi connectivity index (χ2n) is 10.9. The summed E-state index contributed by atoms with van der Waals surface area (Å²) >= 11 is 7.54. The lowest BCUT2D eigenvalue weighted by molar-refractivity contribution is -0.140. The zero-order valence-corrected chi connectivity index (χ0v) is 23.9. The van der Waals surface area contributed by atoms with Crippen LogP contribution in [0.3, 0.4) is 0 Å². The van der Waals surface area contributed by atoms with Gasteiger partial charge in [-0.05, 0) is 50.6 Å². The zero-order chi connectivity index (χ0) is 27.8. The number of nitrogens with one attached hydrogen (secondary N) is 3. The average molecular weight is 585 g/mol. The Morgan fingerprint density at radius 3 is 2.70 bits per heavy atom. The smallest absolute Gasteiger partial charge is 0.280 e. The Morgan fingerprint density at radius 1 is 1.07 bits per heavy atom. The number of carbonyl (C=O) groups excluding carboxylic acids is 3. The molecule has 0 spiro atoms. The maximum Gasteiger partial charge on any atom is 0.280 e. The van der Waals surface area contributed by atoms with Crippen molar-refractivity contribution in [3.05, 3.63) is 50.6 Å². The minimum Gasteiger partial charge on any atom is -0.381 e. The summed E-state index contributed by atoms with van der Waals surface area (Å²) < 4.78 is 5.44. The van der Waals surface area contributed by atoms with Gasteiger partial charge in [-0.25, -0.2) is 4.98 Å². The van der Waals surface area contributed by atoms with Gasteiger partial charge in [0.1, 0.15) is 5.69 Å². The first-order chi connectivity index (χ1) is 19.3. The van der Waals surface area contributed by atoms with Gasteiger partial charge in [0, 0.05) is 72.5 Å². The Morgan fingerprint density at radius 2 is 1.88 bits per heavy atom. The van der Waals surface area contributed by atoms with Crippen molar-refractivity contribution in [2.45, 2.75) is 44.3 Å². The topological polar surface area (TPSA) is 120 Å². The molecule has 6 rings (SSSR count). The molecular weight excluding hydrogens is 552 g/mol. The number of likely N-dealkylation sites (tertiary alicyclic amines) is 1. The lowest BCUT2D eigenvalue weighted by Gasteiger charge is -2.40. The summed E-state index contributed by atoms with van der Waals surface area (Å²) in [6.45, 7) is 3.70. The number of ether oxygens (including phenoxy) is 1. The van der Waals surface area contributed by atoms with Gasteiger partial charge in [-0.15, -0.1) is 11.3 Å². The normalized spacial score (nSPS) is 22.2. The monoisotopic (exact) mass is 584 g/mol. The first-order valence-electron chi connectivity index (χ1n) is 13.8. The van der Waals surface area contributed by atoms with E-state index in [4.69, 9.17) is 16.3 Å². The van der Waals surface area contributed by atoms with Crippen LogP contribution in [0, 0.1) is 5.92 Å². The maximum absolute atomic E-state index is 13.4. The number of fused-ring (bicyclic) bond motifs is 2. The number of piperidine rings is 1. The third kappa shape index (κ3) is 5.74. The van der Waals surface area contributed by atoms with E-state index >= 15 is 0 Å². The number of rotatable bonds is 5. The van der Waals surface area contributed by atoms with Crippen molar-refractivity contribution in [1.29, 1.82) is 0 Å². The number of halogens is 1. The van der Waals surface area contributed by atoms with E-state index in [0.717, 1.165) is 41.0 Å². The highest BCUT2D eigenvalue weighted by atomic mass is 35.5. The molecule has 2 saturated heterocycles. The van der Waals surface area contributed by atoms with Crippen molar-refractivity contribution in [2.24, 2.45) is 5.92 Å². The van der Waals surface area contributed by atoms with E-state index in [1.165, 1.54) is 11.3 Å². The molecule has 0 saturated carbocycles. The van der Waals surface area contributed by atoms with Gasteiger partial charge in [-0.2, -0.15) is 0 Å². The predicted octanol–water partition coefficient (Wildman–Crippen LogP) is 2.82. The van der Waals surface area contributed by atoms with Crippen molar-refractivity contribution in [1.82, 2.24) is 30.4 Å². The number of aromatic amines is 1. The third-order valence-electron chi connectivity index (χ3n) is 8.07. The van der Waals surface area contributed by atoms with Gasteiger partial charge >= 0.3 is 0 Å². The van der Waals surface area contributed by atoms with E-state index < -0.39 is 6.04 Å². The molecule has 0 bridgehead atoms. The number of thiazole rings is 1. The number of aromatic nitrogens is 2. The lowest BCUT2D eigenvalue weighted by atomic mass is 9.94. The van der Waals surface area contributed by atoms with E-state index in [9.17, 15) is 14.4 Å². The summed E-state index contributed by atoms with van der Waals surface area (Å²) in [7, 11) is 2.06. The highest BCUT2D eigenvalue weighted by Crippen LogP contribution is 2.26. The molecule has 2 aromatic heterocycles. The van der Waals surface area contributed by atoms with Crippen molar-refractivity contribution in [3.8, 4) is 0 Å². The molecule has 3 aliphatic rings. The maximum atomic E-state index is 13.4. The molecule has 0 unspecified atom stereocenters. The number of hydrogen-bond acceptors (Lipinski definition) is 7. The number of carbonyl (C=O) groups is 3. The average Bonchev–Trinajstić information content (AvgIpc) is 3.58.